The van der Waals surface area contributed by atoms with Gasteiger partial charge in [-0.2, -0.15) is 10.5 Å². The van der Waals surface area contributed by atoms with Crippen LogP contribution in [-0.4, -0.2) is 0 Å². The molecule has 2 aliphatic carbocycles. The van der Waals surface area contributed by atoms with Crippen LogP contribution in [0.3, 0.4) is 0 Å². The molecule has 0 radical (unpaired) electrons. The summed E-state index contributed by atoms with van der Waals surface area (Å²) in [6, 6.07) is 4.76. The molecule has 2 rings (SSSR count). The van der Waals surface area contributed by atoms with Gasteiger partial charge in [0.1, 0.15) is 0 Å². The Labute approximate surface area is 104 Å². The molecular weight excluding hydrogens is 208 g/mol. The highest BCUT2D eigenvalue weighted by Crippen LogP contribution is 2.43. The number of nitriles is 2. The first-order valence-electron chi connectivity index (χ1n) is 6.71. The fraction of sp³-hybridized carbons (Fsp3) is 0.733. The van der Waals surface area contributed by atoms with Gasteiger partial charge in [0.15, 0.2) is 0 Å². The predicted molar refractivity (Wildman–Crippen MR) is 66.6 cm³/mol. The number of hydrogen-bond acceptors (Lipinski definition) is 2. The van der Waals surface area contributed by atoms with Crippen LogP contribution in [0.1, 0.15) is 44.9 Å². The Morgan fingerprint density at radius 3 is 2.00 bits per heavy atom. The van der Waals surface area contributed by atoms with Crippen LogP contribution in [0.2, 0.25) is 0 Å². The van der Waals surface area contributed by atoms with E-state index in [4.69, 9.17) is 10.5 Å². The lowest BCUT2D eigenvalue weighted by Crippen LogP contribution is -2.26. The number of rotatable bonds is 1. The first-order chi connectivity index (χ1) is 8.24. The second-order valence-corrected chi connectivity index (χ2v) is 5.61. The summed E-state index contributed by atoms with van der Waals surface area (Å²) in [5.74, 6) is 1.84. The molecule has 2 aliphatic rings. The smallest absolute Gasteiger partial charge is 0.0659 e. The van der Waals surface area contributed by atoms with Crippen molar-refractivity contribution in [3.05, 3.63) is 12.2 Å². The van der Waals surface area contributed by atoms with Gasteiger partial charge in [-0.25, -0.2) is 0 Å². The van der Waals surface area contributed by atoms with Crippen LogP contribution in [0.5, 0.6) is 0 Å². The van der Waals surface area contributed by atoms with Crippen LogP contribution < -0.4 is 0 Å². The van der Waals surface area contributed by atoms with Crippen molar-refractivity contribution in [2.75, 3.05) is 0 Å². The van der Waals surface area contributed by atoms with Gasteiger partial charge < -0.3 is 0 Å². The molecule has 17 heavy (non-hydrogen) atoms. The van der Waals surface area contributed by atoms with Crippen LogP contribution >= 0.6 is 0 Å². The zero-order chi connectivity index (χ0) is 12.3. The molecule has 0 aromatic carbocycles. The first kappa shape index (κ1) is 12.2. The van der Waals surface area contributed by atoms with Crippen LogP contribution in [0.15, 0.2) is 12.2 Å². The normalized spacial score (nSPS) is 38.1. The van der Waals surface area contributed by atoms with Crippen LogP contribution in [-0.2, 0) is 0 Å². The summed E-state index contributed by atoms with van der Waals surface area (Å²) in [5.41, 5.74) is 1.29. The summed E-state index contributed by atoms with van der Waals surface area (Å²) in [6.07, 6.45) is 7.56. The molecule has 90 valence electrons. The van der Waals surface area contributed by atoms with E-state index in [-0.39, 0.29) is 11.8 Å². The molecule has 0 aromatic rings. The van der Waals surface area contributed by atoms with E-state index in [1.807, 2.05) is 0 Å². The highest BCUT2D eigenvalue weighted by molar-refractivity contribution is 5.11. The van der Waals surface area contributed by atoms with Crippen molar-refractivity contribution in [2.24, 2.45) is 23.7 Å². The quantitative estimate of drug-likeness (QED) is 0.641. The zero-order valence-corrected chi connectivity index (χ0v) is 10.4. The summed E-state index contributed by atoms with van der Waals surface area (Å²) in [5, 5.41) is 17.8. The van der Waals surface area contributed by atoms with Crippen molar-refractivity contribution in [3.63, 3.8) is 0 Å². The SMILES string of the molecule is C=C1CC(C#N)CCC1C1CCC(C#N)CC1. The fourth-order valence-electron chi connectivity index (χ4n) is 3.48. The van der Waals surface area contributed by atoms with Gasteiger partial charge in [-0.15, -0.1) is 0 Å². The third-order valence-electron chi connectivity index (χ3n) is 4.57. The second-order valence-electron chi connectivity index (χ2n) is 5.61. The van der Waals surface area contributed by atoms with Gasteiger partial charge in [-0.3, -0.25) is 0 Å². The third kappa shape index (κ3) is 2.70. The molecule has 0 amide bonds. The lowest BCUT2D eigenvalue weighted by Gasteiger charge is -2.36. The van der Waals surface area contributed by atoms with Crippen molar-refractivity contribution in [1.29, 1.82) is 10.5 Å². The van der Waals surface area contributed by atoms with E-state index >= 15 is 0 Å². The van der Waals surface area contributed by atoms with Crippen molar-refractivity contribution in [1.82, 2.24) is 0 Å². The minimum atomic E-state index is 0.203. The summed E-state index contributed by atoms with van der Waals surface area (Å²) in [7, 11) is 0. The first-order valence-corrected chi connectivity index (χ1v) is 6.71. The predicted octanol–water partition coefficient (Wildman–Crippen LogP) is 3.81. The summed E-state index contributed by atoms with van der Waals surface area (Å²) >= 11 is 0. The second kappa shape index (κ2) is 5.37. The molecule has 2 saturated carbocycles. The number of hydrogen-bond donors (Lipinski definition) is 0. The lowest BCUT2D eigenvalue weighted by atomic mass is 9.68. The molecule has 2 atom stereocenters. The maximum absolute atomic E-state index is 8.94. The van der Waals surface area contributed by atoms with E-state index in [0.29, 0.717) is 5.92 Å². The van der Waals surface area contributed by atoms with Gasteiger partial charge in [-0.05, 0) is 56.8 Å². The molecule has 0 aliphatic heterocycles. The molecule has 2 fully saturated rings. The van der Waals surface area contributed by atoms with Gasteiger partial charge in [0.25, 0.3) is 0 Å². The number of nitrogens with zero attached hydrogens (tertiary/aromatic N) is 2. The minimum absolute atomic E-state index is 0.203. The molecule has 0 saturated heterocycles. The molecule has 0 heterocycles. The van der Waals surface area contributed by atoms with Crippen molar-refractivity contribution in [3.8, 4) is 12.1 Å². The van der Waals surface area contributed by atoms with E-state index < -0.39 is 0 Å². The van der Waals surface area contributed by atoms with E-state index in [2.05, 4.69) is 18.7 Å². The lowest BCUT2D eigenvalue weighted by molar-refractivity contribution is 0.214. The summed E-state index contributed by atoms with van der Waals surface area (Å²) < 4.78 is 0. The monoisotopic (exact) mass is 228 g/mol. The highest BCUT2D eigenvalue weighted by atomic mass is 14.4. The molecule has 2 unspecified atom stereocenters. The van der Waals surface area contributed by atoms with Crippen molar-refractivity contribution in [2.45, 2.75) is 44.9 Å². The number of allylic oxidation sites excluding steroid dienone is 1. The van der Waals surface area contributed by atoms with Gasteiger partial charge >= 0.3 is 0 Å². The largest absolute Gasteiger partial charge is 0.198 e. The van der Waals surface area contributed by atoms with Crippen LogP contribution in [0.25, 0.3) is 0 Å². The average molecular weight is 228 g/mol. The van der Waals surface area contributed by atoms with Gasteiger partial charge in [0.2, 0.25) is 0 Å². The van der Waals surface area contributed by atoms with E-state index in [0.717, 1.165) is 38.0 Å². The summed E-state index contributed by atoms with van der Waals surface area (Å²) in [6.45, 7) is 4.19. The van der Waals surface area contributed by atoms with Crippen LogP contribution in [0.4, 0.5) is 0 Å². The Hall–Kier alpha value is -1.28. The topological polar surface area (TPSA) is 47.6 Å². The zero-order valence-electron chi connectivity index (χ0n) is 10.4. The van der Waals surface area contributed by atoms with Crippen molar-refractivity contribution >= 4 is 0 Å². The average Bonchev–Trinajstić information content (AvgIpc) is 2.39. The maximum Gasteiger partial charge on any atom is 0.0659 e. The van der Waals surface area contributed by atoms with Crippen LogP contribution in [0, 0.1) is 46.3 Å². The third-order valence-corrected chi connectivity index (χ3v) is 4.57. The standard InChI is InChI=1S/C15H20N2/c1-11-8-13(10-17)4-7-15(11)14-5-2-12(9-16)3-6-14/h12-15H,1-8H2. The molecular formula is C15H20N2. The fourth-order valence-corrected chi connectivity index (χ4v) is 3.48. The Morgan fingerprint density at radius 2 is 1.47 bits per heavy atom. The molecule has 0 N–H and O–H groups in total. The Bertz CT molecular complexity index is 363. The highest BCUT2D eigenvalue weighted by Gasteiger charge is 2.32. The Balaban J connectivity index is 1.90. The molecule has 0 aromatic heterocycles. The minimum Gasteiger partial charge on any atom is -0.198 e. The molecule has 2 nitrogen and oxygen atoms in total. The summed E-state index contributed by atoms with van der Waals surface area (Å²) in [4.78, 5) is 0. The Kier molecular flexibility index (Phi) is 3.85. The Morgan fingerprint density at radius 1 is 0.882 bits per heavy atom. The van der Waals surface area contributed by atoms with Gasteiger partial charge in [0.05, 0.1) is 18.1 Å². The van der Waals surface area contributed by atoms with Gasteiger partial charge in [0, 0.05) is 5.92 Å². The van der Waals surface area contributed by atoms with E-state index in [1.54, 1.807) is 0 Å². The van der Waals surface area contributed by atoms with Gasteiger partial charge in [-0.1, -0.05) is 12.2 Å². The maximum atomic E-state index is 8.94. The van der Waals surface area contributed by atoms with E-state index in [9.17, 15) is 0 Å². The molecule has 0 bridgehead atoms. The van der Waals surface area contributed by atoms with E-state index in [1.165, 1.54) is 18.4 Å². The van der Waals surface area contributed by atoms with Crippen molar-refractivity contribution < 1.29 is 0 Å². The molecule has 0 spiro atoms. The molecule has 2 heteroatoms.